The largest absolute Gasteiger partial charge is 0.327 e. The van der Waals surface area contributed by atoms with E-state index in [1.807, 2.05) is 25.5 Å². The highest BCUT2D eigenvalue weighted by molar-refractivity contribution is 5.06. The average Bonchev–Trinajstić information content (AvgIpc) is 2.76. The molecule has 0 saturated heterocycles. The SMILES string of the molecule is Cc1nccc(Cn2cncc2CNCC(C)C)n1. The number of rotatable bonds is 6. The summed E-state index contributed by atoms with van der Waals surface area (Å²) < 4.78 is 2.12. The van der Waals surface area contributed by atoms with E-state index < -0.39 is 0 Å². The summed E-state index contributed by atoms with van der Waals surface area (Å²) in [5.41, 5.74) is 2.19. The second kappa shape index (κ2) is 6.43. The van der Waals surface area contributed by atoms with Gasteiger partial charge in [-0.05, 0) is 25.5 Å². The lowest BCUT2D eigenvalue weighted by Gasteiger charge is -2.10. The van der Waals surface area contributed by atoms with Crippen LogP contribution in [-0.2, 0) is 13.1 Å². The summed E-state index contributed by atoms with van der Waals surface area (Å²) in [4.78, 5) is 12.7. The first kappa shape index (κ1) is 13.7. The monoisotopic (exact) mass is 259 g/mol. The summed E-state index contributed by atoms with van der Waals surface area (Å²) in [5.74, 6) is 1.46. The van der Waals surface area contributed by atoms with Crippen LogP contribution in [0.1, 0.15) is 31.1 Å². The van der Waals surface area contributed by atoms with Crippen LogP contribution in [0.2, 0.25) is 0 Å². The van der Waals surface area contributed by atoms with Crippen LogP contribution in [0.4, 0.5) is 0 Å². The fourth-order valence-electron chi connectivity index (χ4n) is 1.89. The lowest BCUT2D eigenvalue weighted by Crippen LogP contribution is -2.21. The van der Waals surface area contributed by atoms with Gasteiger partial charge in [0, 0.05) is 18.9 Å². The molecule has 0 aromatic carbocycles. The molecular weight excluding hydrogens is 238 g/mol. The van der Waals surface area contributed by atoms with Gasteiger partial charge in [-0.25, -0.2) is 15.0 Å². The zero-order valence-corrected chi connectivity index (χ0v) is 11.8. The highest BCUT2D eigenvalue weighted by atomic mass is 15.1. The lowest BCUT2D eigenvalue weighted by atomic mass is 10.2. The summed E-state index contributed by atoms with van der Waals surface area (Å²) in [7, 11) is 0. The van der Waals surface area contributed by atoms with E-state index in [2.05, 4.69) is 38.7 Å². The molecule has 1 N–H and O–H groups in total. The van der Waals surface area contributed by atoms with Crippen LogP contribution in [0.15, 0.2) is 24.8 Å². The molecule has 5 nitrogen and oxygen atoms in total. The Morgan fingerprint density at radius 3 is 2.95 bits per heavy atom. The van der Waals surface area contributed by atoms with Crippen molar-refractivity contribution in [1.82, 2.24) is 24.8 Å². The van der Waals surface area contributed by atoms with E-state index in [1.54, 1.807) is 6.20 Å². The molecule has 0 amide bonds. The molecule has 0 atom stereocenters. The van der Waals surface area contributed by atoms with E-state index in [9.17, 15) is 0 Å². The van der Waals surface area contributed by atoms with Gasteiger partial charge in [-0.1, -0.05) is 13.8 Å². The molecule has 0 aliphatic heterocycles. The van der Waals surface area contributed by atoms with Crippen molar-refractivity contribution < 1.29 is 0 Å². The van der Waals surface area contributed by atoms with E-state index in [0.717, 1.165) is 31.2 Å². The van der Waals surface area contributed by atoms with Crippen molar-refractivity contribution in [1.29, 1.82) is 0 Å². The Labute approximate surface area is 114 Å². The maximum absolute atomic E-state index is 4.42. The van der Waals surface area contributed by atoms with E-state index in [0.29, 0.717) is 5.92 Å². The van der Waals surface area contributed by atoms with Crippen molar-refractivity contribution in [2.24, 2.45) is 5.92 Å². The molecule has 0 fully saturated rings. The Hall–Kier alpha value is -1.75. The first-order chi connectivity index (χ1) is 9.15. The molecule has 0 bridgehead atoms. The summed E-state index contributed by atoms with van der Waals surface area (Å²) >= 11 is 0. The zero-order chi connectivity index (χ0) is 13.7. The fourth-order valence-corrected chi connectivity index (χ4v) is 1.89. The third-order valence-electron chi connectivity index (χ3n) is 2.82. The van der Waals surface area contributed by atoms with Crippen LogP contribution in [0.5, 0.6) is 0 Å². The first-order valence-electron chi connectivity index (χ1n) is 6.63. The molecule has 2 heterocycles. The predicted molar refractivity (Wildman–Crippen MR) is 74.6 cm³/mol. The zero-order valence-electron chi connectivity index (χ0n) is 11.8. The molecule has 5 heteroatoms. The molecule has 102 valence electrons. The highest BCUT2D eigenvalue weighted by Gasteiger charge is 2.04. The average molecular weight is 259 g/mol. The lowest BCUT2D eigenvalue weighted by molar-refractivity contribution is 0.538. The Morgan fingerprint density at radius 1 is 1.37 bits per heavy atom. The van der Waals surface area contributed by atoms with Crippen molar-refractivity contribution in [2.45, 2.75) is 33.9 Å². The minimum atomic E-state index is 0.654. The Balaban J connectivity index is 1.99. The van der Waals surface area contributed by atoms with Gasteiger partial charge in [-0.15, -0.1) is 0 Å². The van der Waals surface area contributed by atoms with Gasteiger partial charge >= 0.3 is 0 Å². The van der Waals surface area contributed by atoms with Crippen LogP contribution in [0, 0.1) is 12.8 Å². The first-order valence-corrected chi connectivity index (χ1v) is 6.63. The summed E-state index contributed by atoms with van der Waals surface area (Å²) in [5, 5.41) is 3.43. The summed E-state index contributed by atoms with van der Waals surface area (Å²) in [6.45, 7) is 8.90. The van der Waals surface area contributed by atoms with Gasteiger partial charge in [0.25, 0.3) is 0 Å². The van der Waals surface area contributed by atoms with E-state index in [1.165, 1.54) is 5.69 Å². The van der Waals surface area contributed by atoms with Crippen molar-refractivity contribution in [3.05, 3.63) is 42.0 Å². The van der Waals surface area contributed by atoms with Gasteiger partial charge in [-0.2, -0.15) is 0 Å². The normalized spacial score (nSPS) is 11.2. The van der Waals surface area contributed by atoms with Crippen molar-refractivity contribution in [3.63, 3.8) is 0 Å². The molecule has 2 rings (SSSR count). The van der Waals surface area contributed by atoms with Crippen LogP contribution in [-0.4, -0.2) is 26.1 Å². The van der Waals surface area contributed by atoms with E-state index >= 15 is 0 Å². The van der Waals surface area contributed by atoms with Crippen LogP contribution < -0.4 is 5.32 Å². The quantitative estimate of drug-likeness (QED) is 0.859. The number of imidazole rings is 1. The topological polar surface area (TPSA) is 55.6 Å². The number of hydrogen-bond donors (Lipinski definition) is 1. The Bertz CT molecular complexity index is 518. The molecule has 0 aliphatic rings. The van der Waals surface area contributed by atoms with Gasteiger partial charge in [-0.3, -0.25) is 0 Å². The molecule has 0 unspecified atom stereocenters. The fraction of sp³-hybridized carbons (Fsp3) is 0.500. The van der Waals surface area contributed by atoms with Crippen molar-refractivity contribution >= 4 is 0 Å². The molecule has 0 aliphatic carbocycles. The maximum Gasteiger partial charge on any atom is 0.125 e. The second-order valence-corrected chi connectivity index (χ2v) is 5.13. The molecule has 2 aromatic heterocycles. The van der Waals surface area contributed by atoms with E-state index in [4.69, 9.17) is 0 Å². The van der Waals surface area contributed by atoms with E-state index in [-0.39, 0.29) is 0 Å². The molecule has 0 saturated carbocycles. The third kappa shape index (κ3) is 4.13. The number of aromatic nitrogens is 4. The number of aryl methyl sites for hydroxylation is 1. The highest BCUT2D eigenvalue weighted by Crippen LogP contribution is 2.04. The summed E-state index contributed by atoms with van der Waals surface area (Å²) in [6.07, 6.45) is 5.55. The number of nitrogens with one attached hydrogen (secondary N) is 1. The summed E-state index contributed by atoms with van der Waals surface area (Å²) in [6, 6.07) is 1.94. The molecule has 0 radical (unpaired) electrons. The Morgan fingerprint density at radius 2 is 2.21 bits per heavy atom. The minimum Gasteiger partial charge on any atom is -0.327 e. The standard InChI is InChI=1S/C14H21N5/c1-11(2)6-15-7-14-8-16-10-19(14)9-13-4-5-17-12(3)18-13/h4-5,8,10-11,15H,6-7,9H2,1-3H3. The number of nitrogens with zero attached hydrogens (tertiary/aromatic N) is 4. The van der Waals surface area contributed by atoms with Crippen LogP contribution in [0.3, 0.4) is 0 Å². The molecule has 19 heavy (non-hydrogen) atoms. The van der Waals surface area contributed by atoms with Gasteiger partial charge < -0.3 is 9.88 Å². The third-order valence-corrected chi connectivity index (χ3v) is 2.82. The van der Waals surface area contributed by atoms with Crippen LogP contribution >= 0.6 is 0 Å². The second-order valence-electron chi connectivity index (χ2n) is 5.13. The predicted octanol–water partition coefficient (Wildman–Crippen LogP) is 1.78. The number of hydrogen-bond acceptors (Lipinski definition) is 4. The molecule has 2 aromatic rings. The van der Waals surface area contributed by atoms with Gasteiger partial charge in [0.1, 0.15) is 5.82 Å². The molecule has 0 spiro atoms. The molecular formula is C14H21N5. The maximum atomic E-state index is 4.42. The smallest absolute Gasteiger partial charge is 0.125 e. The minimum absolute atomic E-state index is 0.654. The van der Waals surface area contributed by atoms with Crippen LogP contribution in [0.25, 0.3) is 0 Å². The van der Waals surface area contributed by atoms with Crippen molar-refractivity contribution in [2.75, 3.05) is 6.54 Å². The van der Waals surface area contributed by atoms with Gasteiger partial charge in [0.2, 0.25) is 0 Å². The van der Waals surface area contributed by atoms with Gasteiger partial charge in [0.05, 0.1) is 24.3 Å². The van der Waals surface area contributed by atoms with Gasteiger partial charge in [0.15, 0.2) is 0 Å². The van der Waals surface area contributed by atoms with Crippen molar-refractivity contribution in [3.8, 4) is 0 Å². The Kier molecular flexibility index (Phi) is 4.63.